The number of aromatic nitrogens is 3. The van der Waals surface area contributed by atoms with Crippen molar-refractivity contribution < 1.29 is 9.59 Å². The lowest BCUT2D eigenvalue weighted by Gasteiger charge is -2.20. The van der Waals surface area contributed by atoms with E-state index in [0.717, 1.165) is 21.0 Å². The summed E-state index contributed by atoms with van der Waals surface area (Å²) in [6.45, 7) is 4.37. The number of pyridine rings is 1. The minimum atomic E-state index is -0.626. The third-order valence-corrected chi connectivity index (χ3v) is 6.00. The van der Waals surface area contributed by atoms with Crippen molar-refractivity contribution in [3.63, 3.8) is 0 Å². The second-order valence-corrected chi connectivity index (χ2v) is 8.97. The minimum Gasteiger partial charge on any atom is -0.349 e. The fourth-order valence-electron chi connectivity index (χ4n) is 3.37. The summed E-state index contributed by atoms with van der Waals surface area (Å²) in [5.41, 5.74) is 2.11. The zero-order valence-electron chi connectivity index (χ0n) is 18.0. The highest BCUT2D eigenvalue weighted by Gasteiger charge is 2.23. The number of benzene rings is 1. The number of hydrogen-bond donors (Lipinski definition) is 2. The molecule has 0 aliphatic carbocycles. The molecule has 1 aromatic carbocycles. The Morgan fingerprint density at radius 3 is 2.62 bits per heavy atom. The van der Waals surface area contributed by atoms with Crippen molar-refractivity contribution in [1.29, 1.82) is 0 Å². The molecule has 8 heteroatoms. The van der Waals surface area contributed by atoms with E-state index >= 15 is 0 Å². The van der Waals surface area contributed by atoms with Crippen LogP contribution in [0.2, 0.25) is 0 Å². The first-order valence-corrected chi connectivity index (χ1v) is 11.3. The van der Waals surface area contributed by atoms with E-state index in [-0.39, 0.29) is 17.7 Å². The Bertz CT molecular complexity index is 1200. The number of nitrogens with zero attached hydrogens (tertiary/aromatic N) is 3. The van der Waals surface area contributed by atoms with Gasteiger partial charge in [0.05, 0.1) is 22.5 Å². The fraction of sp³-hybridized carbons (Fsp3) is 0.250. The normalized spacial score (nSPS) is 12.1. The van der Waals surface area contributed by atoms with Crippen LogP contribution in [0.4, 0.5) is 0 Å². The van der Waals surface area contributed by atoms with Crippen molar-refractivity contribution >= 4 is 33.4 Å². The molecule has 32 heavy (non-hydrogen) atoms. The van der Waals surface area contributed by atoms with Gasteiger partial charge in [-0.1, -0.05) is 31.3 Å². The summed E-state index contributed by atoms with van der Waals surface area (Å²) in [6, 6.07) is 14.2. The average molecular weight is 448 g/mol. The highest BCUT2D eigenvalue weighted by Crippen LogP contribution is 2.26. The lowest BCUT2D eigenvalue weighted by atomic mass is 10.0. The molecule has 4 rings (SSSR count). The predicted octanol–water partition coefficient (Wildman–Crippen LogP) is 3.94. The Hall–Kier alpha value is -3.52. The topological polar surface area (TPSA) is 88.9 Å². The number of hydrogen-bond acceptors (Lipinski definition) is 5. The van der Waals surface area contributed by atoms with Gasteiger partial charge >= 0.3 is 0 Å². The van der Waals surface area contributed by atoms with E-state index in [4.69, 9.17) is 0 Å². The first-order valence-electron chi connectivity index (χ1n) is 10.5. The zero-order chi connectivity index (χ0) is 22.5. The summed E-state index contributed by atoms with van der Waals surface area (Å²) in [7, 11) is 0. The van der Waals surface area contributed by atoms with Crippen molar-refractivity contribution in [2.75, 3.05) is 0 Å². The summed E-state index contributed by atoms with van der Waals surface area (Å²) < 4.78 is 2.86. The quantitative estimate of drug-likeness (QED) is 0.428. The van der Waals surface area contributed by atoms with Crippen molar-refractivity contribution in [2.24, 2.45) is 5.92 Å². The van der Waals surface area contributed by atoms with Crippen LogP contribution in [-0.2, 0) is 11.3 Å². The van der Waals surface area contributed by atoms with E-state index in [0.29, 0.717) is 18.5 Å². The Labute approximate surface area is 190 Å². The Kier molecular flexibility index (Phi) is 6.61. The molecule has 3 aromatic heterocycles. The maximum atomic E-state index is 13.0. The van der Waals surface area contributed by atoms with Crippen molar-refractivity contribution in [1.82, 2.24) is 25.2 Å². The van der Waals surface area contributed by atoms with Crippen LogP contribution < -0.4 is 10.6 Å². The summed E-state index contributed by atoms with van der Waals surface area (Å²) in [4.78, 5) is 34.6. The second-order valence-electron chi connectivity index (χ2n) is 7.96. The van der Waals surface area contributed by atoms with Crippen LogP contribution in [0.3, 0.4) is 0 Å². The summed E-state index contributed by atoms with van der Waals surface area (Å²) in [6.07, 6.45) is 6.10. The summed E-state index contributed by atoms with van der Waals surface area (Å²) in [5, 5.41) is 6.63. The van der Waals surface area contributed by atoms with Gasteiger partial charge in [-0.05, 0) is 54.8 Å². The van der Waals surface area contributed by atoms with Crippen LogP contribution in [0.15, 0.2) is 67.1 Å². The lowest BCUT2D eigenvalue weighted by molar-refractivity contribution is -0.123. The fourth-order valence-corrected chi connectivity index (χ4v) is 4.35. The molecule has 0 fully saturated rings. The van der Waals surface area contributed by atoms with Crippen LogP contribution in [0, 0.1) is 5.92 Å². The largest absolute Gasteiger partial charge is 0.349 e. The second kappa shape index (κ2) is 9.74. The average Bonchev–Trinajstić information content (AvgIpc) is 3.46. The number of carbonyl (C=O) groups is 2. The smallest absolute Gasteiger partial charge is 0.251 e. The first kappa shape index (κ1) is 21.7. The number of thiazole rings is 1. The van der Waals surface area contributed by atoms with E-state index < -0.39 is 6.04 Å². The molecule has 1 atom stereocenters. The van der Waals surface area contributed by atoms with Crippen LogP contribution in [0.5, 0.6) is 0 Å². The molecule has 0 radical (unpaired) electrons. The van der Waals surface area contributed by atoms with Gasteiger partial charge in [0.2, 0.25) is 5.91 Å². The van der Waals surface area contributed by atoms with Crippen molar-refractivity contribution in [3.8, 4) is 5.13 Å². The monoisotopic (exact) mass is 447 g/mol. The number of amides is 2. The summed E-state index contributed by atoms with van der Waals surface area (Å²) in [5.74, 6) is -0.248. The summed E-state index contributed by atoms with van der Waals surface area (Å²) >= 11 is 1.51. The predicted molar refractivity (Wildman–Crippen MR) is 126 cm³/mol. The van der Waals surface area contributed by atoms with Crippen LogP contribution in [0.25, 0.3) is 15.3 Å². The SMILES string of the molecule is CC(C)C[C@H](NC(=O)c1ccc2nc(-n3cccc3)sc2c1)C(=O)NCc1ccccn1. The number of carbonyl (C=O) groups excluding carboxylic acids is 2. The standard InChI is InChI=1S/C24H25N5O2S/c1-16(2)13-20(23(31)26-15-18-7-3-4-10-25-18)27-22(30)17-8-9-19-21(14-17)32-24(28-19)29-11-5-6-12-29/h3-12,14,16,20H,13,15H2,1-2H3,(H,26,31)(H,27,30)/t20-/m0/s1. The molecule has 0 spiro atoms. The third kappa shape index (κ3) is 5.20. The Morgan fingerprint density at radius 1 is 1.09 bits per heavy atom. The highest BCUT2D eigenvalue weighted by molar-refractivity contribution is 7.20. The lowest BCUT2D eigenvalue weighted by Crippen LogP contribution is -2.47. The maximum absolute atomic E-state index is 13.0. The molecule has 0 unspecified atom stereocenters. The molecule has 2 N–H and O–H groups in total. The maximum Gasteiger partial charge on any atom is 0.251 e. The molecule has 4 aromatic rings. The van der Waals surface area contributed by atoms with Gasteiger partial charge in [-0.15, -0.1) is 0 Å². The van der Waals surface area contributed by atoms with E-state index in [1.54, 1.807) is 12.3 Å². The van der Waals surface area contributed by atoms with Gasteiger partial charge in [0.25, 0.3) is 5.91 Å². The van der Waals surface area contributed by atoms with Crippen molar-refractivity contribution in [2.45, 2.75) is 32.9 Å². The van der Waals surface area contributed by atoms with E-state index in [9.17, 15) is 9.59 Å². The van der Waals surface area contributed by atoms with E-state index in [1.807, 2.05) is 73.3 Å². The van der Waals surface area contributed by atoms with Gasteiger partial charge in [0, 0.05) is 24.2 Å². The molecule has 0 saturated heterocycles. The molecule has 164 valence electrons. The molecular formula is C24H25N5O2S. The van der Waals surface area contributed by atoms with Crippen LogP contribution in [0.1, 0.15) is 36.3 Å². The number of rotatable bonds is 8. The molecule has 0 aliphatic heterocycles. The van der Waals surface area contributed by atoms with E-state index in [1.165, 1.54) is 11.3 Å². The van der Waals surface area contributed by atoms with Gasteiger partial charge < -0.3 is 15.2 Å². The van der Waals surface area contributed by atoms with E-state index in [2.05, 4.69) is 20.6 Å². The molecule has 7 nitrogen and oxygen atoms in total. The Balaban J connectivity index is 1.47. The molecule has 3 heterocycles. The Morgan fingerprint density at radius 2 is 1.91 bits per heavy atom. The first-order chi connectivity index (χ1) is 15.5. The van der Waals surface area contributed by atoms with Gasteiger partial charge in [-0.2, -0.15) is 0 Å². The highest BCUT2D eigenvalue weighted by atomic mass is 32.1. The van der Waals surface area contributed by atoms with Crippen molar-refractivity contribution in [3.05, 3.63) is 78.4 Å². The van der Waals surface area contributed by atoms with Gasteiger partial charge in [-0.3, -0.25) is 14.6 Å². The minimum absolute atomic E-state index is 0.216. The van der Waals surface area contributed by atoms with Gasteiger partial charge in [0.1, 0.15) is 6.04 Å². The molecule has 0 aliphatic rings. The van der Waals surface area contributed by atoms with Crippen LogP contribution in [-0.4, -0.2) is 32.4 Å². The van der Waals surface area contributed by atoms with Crippen LogP contribution >= 0.6 is 11.3 Å². The molecule has 0 bridgehead atoms. The number of nitrogens with one attached hydrogen (secondary N) is 2. The van der Waals surface area contributed by atoms with Gasteiger partial charge in [-0.25, -0.2) is 4.98 Å². The molecular weight excluding hydrogens is 422 g/mol. The van der Waals surface area contributed by atoms with Gasteiger partial charge in [0.15, 0.2) is 5.13 Å². The molecule has 0 saturated carbocycles. The number of fused-ring (bicyclic) bond motifs is 1. The third-order valence-electron chi connectivity index (χ3n) is 4.96. The molecule has 2 amide bonds. The zero-order valence-corrected chi connectivity index (χ0v) is 18.8.